The summed E-state index contributed by atoms with van der Waals surface area (Å²) in [6.45, 7) is 0. The van der Waals surface area contributed by atoms with E-state index in [9.17, 15) is 0 Å². The van der Waals surface area contributed by atoms with Gasteiger partial charge in [-0.1, -0.05) is 12.1 Å². The van der Waals surface area contributed by atoms with Gasteiger partial charge in [0.05, 0.1) is 6.42 Å². The lowest BCUT2D eigenvalue weighted by Crippen LogP contribution is -1.89. The molecule has 2 rings (SSSR count). The van der Waals surface area contributed by atoms with E-state index in [2.05, 4.69) is 10.2 Å². The maximum atomic E-state index is 5.56. The van der Waals surface area contributed by atoms with E-state index in [1.165, 1.54) is 0 Å². The molecule has 0 atom stereocenters. The summed E-state index contributed by atoms with van der Waals surface area (Å²) >= 11 is 4.77. The molecule has 72 valence electrons. The van der Waals surface area contributed by atoms with Gasteiger partial charge in [0.25, 0.3) is 4.84 Å². The van der Waals surface area contributed by atoms with Crippen molar-refractivity contribution in [1.29, 1.82) is 0 Å². The summed E-state index contributed by atoms with van der Waals surface area (Å²) in [5.74, 6) is 0.583. The maximum Gasteiger partial charge on any atom is 0.284 e. The third kappa shape index (κ3) is 2.00. The van der Waals surface area contributed by atoms with Crippen LogP contribution in [0.25, 0.3) is 0 Å². The Labute approximate surface area is 85.8 Å². The Hall–Kier alpha value is -1.62. The van der Waals surface area contributed by atoms with Gasteiger partial charge in [-0.05, 0) is 29.9 Å². The Kier molecular flexibility index (Phi) is 2.32. The zero-order valence-electron chi connectivity index (χ0n) is 7.36. The van der Waals surface area contributed by atoms with Crippen LogP contribution in [0, 0.1) is 4.84 Å². The maximum absolute atomic E-state index is 5.56. The van der Waals surface area contributed by atoms with Gasteiger partial charge in [-0.3, -0.25) is 0 Å². The molecule has 0 spiro atoms. The molecule has 5 heteroatoms. The highest BCUT2D eigenvalue weighted by molar-refractivity contribution is 7.71. The highest BCUT2D eigenvalue weighted by Crippen LogP contribution is 2.09. The van der Waals surface area contributed by atoms with Crippen LogP contribution in [0.15, 0.2) is 28.7 Å². The third-order valence-electron chi connectivity index (χ3n) is 1.82. The zero-order chi connectivity index (χ0) is 9.97. The largest absolute Gasteiger partial charge is 0.414 e. The second kappa shape index (κ2) is 3.63. The third-order valence-corrected chi connectivity index (χ3v) is 1.99. The molecule has 0 aliphatic heterocycles. The van der Waals surface area contributed by atoms with E-state index in [0.29, 0.717) is 17.1 Å². The first-order valence-corrected chi connectivity index (χ1v) is 4.53. The molecular formula is C9H9N3OS. The normalized spacial score (nSPS) is 10.3. The van der Waals surface area contributed by atoms with Crippen molar-refractivity contribution in [3.05, 3.63) is 40.6 Å². The van der Waals surface area contributed by atoms with Crippen LogP contribution in [-0.2, 0) is 6.42 Å². The second-order valence-corrected chi connectivity index (χ2v) is 3.30. The van der Waals surface area contributed by atoms with Crippen molar-refractivity contribution in [3.63, 3.8) is 0 Å². The van der Waals surface area contributed by atoms with Gasteiger partial charge in [0.2, 0.25) is 5.89 Å². The molecule has 0 unspecified atom stereocenters. The average molecular weight is 207 g/mol. The van der Waals surface area contributed by atoms with Crippen molar-refractivity contribution in [1.82, 2.24) is 10.2 Å². The molecule has 1 aromatic carbocycles. The molecule has 1 heterocycles. The number of aromatic amines is 1. The van der Waals surface area contributed by atoms with E-state index in [4.69, 9.17) is 22.4 Å². The fourth-order valence-corrected chi connectivity index (χ4v) is 1.29. The number of nitrogens with zero attached hydrogens (tertiary/aromatic N) is 1. The SMILES string of the molecule is Nc1ccc(Cc2n[nH]c(=S)o2)cc1. The molecular weight excluding hydrogens is 198 g/mol. The lowest BCUT2D eigenvalue weighted by Gasteiger charge is -1.96. The molecule has 0 bridgehead atoms. The number of nitrogen functional groups attached to an aromatic ring is 1. The van der Waals surface area contributed by atoms with Crippen LogP contribution in [0.3, 0.4) is 0 Å². The van der Waals surface area contributed by atoms with E-state index in [1.54, 1.807) is 0 Å². The van der Waals surface area contributed by atoms with Crippen molar-refractivity contribution < 1.29 is 4.42 Å². The first kappa shape index (κ1) is 8.96. The quantitative estimate of drug-likeness (QED) is 0.583. The number of aromatic nitrogens is 2. The second-order valence-electron chi connectivity index (χ2n) is 2.93. The zero-order valence-corrected chi connectivity index (χ0v) is 8.17. The van der Waals surface area contributed by atoms with Crippen LogP contribution in [0.1, 0.15) is 11.5 Å². The number of nitrogens with one attached hydrogen (secondary N) is 1. The Morgan fingerprint density at radius 2 is 2.07 bits per heavy atom. The van der Waals surface area contributed by atoms with Crippen molar-refractivity contribution in [2.45, 2.75) is 6.42 Å². The van der Waals surface area contributed by atoms with E-state index in [-0.39, 0.29) is 0 Å². The van der Waals surface area contributed by atoms with E-state index < -0.39 is 0 Å². The molecule has 0 aliphatic carbocycles. The Bertz CT molecular complexity index is 471. The number of hydrogen-bond acceptors (Lipinski definition) is 4. The van der Waals surface area contributed by atoms with Crippen LogP contribution >= 0.6 is 12.2 Å². The van der Waals surface area contributed by atoms with Crippen LogP contribution in [-0.4, -0.2) is 10.2 Å². The van der Waals surface area contributed by atoms with Gasteiger partial charge in [0, 0.05) is 5.69 Å². The monoisotopic (exact) mass is 207 g/mol. The summed E-state index contributed by atoms with van der Waals surface area (Å²) < 4.78 is 5.13. The van der Waals surface area contributed by atoms with Crippen LogP contribution in [0.4, 0.5) is 5.69 Å². The van der Waals surface area contributed by atoms with Gasteiger partial charge in [-0.2, -0.15) is 0 Å². The number of H-pyrrole nitrogens is 1. The average Bonchev–Trinajstić information content (AvgIpc) is 2.56. The van der Waals surface area contributed by atoms with Crippen molar-refractivity contribution in [2.75, 3.05) is 5.73 Å². The molecule has 0 fully saturated rings. The lowest BCUT2D eigenvalue weighted by atomic mass is 10.1. The fraction of sp³-hybridized carbons (Fsp3) is 0.111. The van der Waals surface area contributed by atoms with E-state index >= 15 is 0 Å². The van der Waals surface area contributed by atoms with E-state index in [0.717, 1.165) is 11.3 Å². The molecule has 3 N–H and O–H groups in total. The minimum absolute atomic E-state index is 0.301. The van der Waals surface area contributed by atoms with E-state index in [1.807, 2.05) is 24.3 Å². The van der Waals surface area contributed by atoms with Gasteiger partial charge in [0.1, 0.15) is 0 Å². The number of anilines is 1. The first-order chi connectivity index (χ1) is 6.74. The van der Waals surface area contributed by atoms with Crippen LogP contribution in [0.2, 0.25) is 0 Å². The van der Waals surface area contributed by atoms with Gasteiger partial charge < -0.3 is 10.2 Å². The van der Waals surface area contributed by atoms with Crippen LogP contribution in [0.5, 0.6) is 0 Å². The predicted molar refractivity (Wildman–Crippen MR) is 55.3 cm³/mol. The van der Waals surface area contributed by atoms with Gasteiger partial charge in [-0.15, -0.1) is 5.10 Å². The lowest BCUT2D eigenvalue weighted by molar-refractivity contribution is 0.491. The van der Waals surface area contributed by atoms with Crippen molar-refractivity contribution in [3.8, 4) is 0 Å². The topological polar surface area (TPSA) is 67.8 Å². The smallest absolute Gasteiger partial charge is 0.284 e. The highest BCUT2D eigenvalue weighted by atomic mass is 32.1. The minimum Gasteiger partial charge on any atom is -0.414 e. The molecule has 0 aliphatic rings. The Morgan fingerprint density at radius 3 is 2.64 bits per heavy atom. The molecule has 2 aromatic rings. The Morgan fingerprint density at radius 1 is 1.36 bits per heavy atom. The molecule has 1 aromatic heterocycles. The highest BCUT2D eigenvalue weighted by Gasteiger charge is 2.00. The summed E-state index contributed by atoms with van der Waals surface area (Å²) in [5, 5.41) is 6.48. The molecule has 14 heavy (non-hydrogen) atoms. The summed E-state index contributed by atoms with van der Waals surface area (Å²) in [7, 11) is 0. The summed E-state index contributed by atoms with van der Waals surface area (Å²) in [4.78, 5) is 0.301. The summed E-state index contributed by atoms with van der Waals surface area (Å²) in [5.41, 5.74) is 7.40. The number of rotatable bonds is 2. The van der Waals surface area contributed by atoms with Crippen molar-refractivity contribution in [2.24, 2.45) is 0 Å². The summed E-state index contributed by atoms with van der Waals surface area (Å²) in [6, 6.07) is 7.55. The number of benzene rings is 1. The van der Waals surface area contributed by atoms with Crippen molar-refractivity contribution >= 4 is 17.9 Å². The molecule has 0 radical (unpaired) electrons. The molecule has 0 saturated carbocycles. The fourth-order valence-electron chi connectivity index (χ4n) is 1.15. The molecule has 0 saturated heterocycles. The Balaban J connectivity index is 2.19. The minimum atomic E-state index is 0.301. The van der Waals surface area contributed by atoms with Gasteiger partial charge in [0.15, 0.2) is 0 Å². The van der Waals surface area contributed by atoms with Crippen LogP contribution < -0.4 is 5.73 Å². The van der Waals surface area contributed by atoms with Gasteiger partial charge >= 0.3 is 0 Å². The molecule has 0 amide bonds. The predicted octanol–water partition coefficient (Wildman–Crippen LogP) is 1.91. The first-order valence-electron chi connectivity index (χ1n) is 4.13. The standard InChI is InChI=1S/C9H9N3OS/c10-7-3-1-6(2-4-7)5-8-11-12-9(14)13-8/h1-4H,5,10H2,(H,12,14). The molecule has 4 nitrogen and oxygen atoms in total. The number of hydrogen-bond donors (Lipinski definition) is 2. The van der Waals surface area contributed by atoms with Gasteiger partial charge in [-0.25, -0.2) is 5.10 Å². The number of nitrogens with two attached hydrogens (primary N) is 1. The summed E-state index contributed by atoms with van der Waals surface area (Å²) in [6.07, 6.45) is 0.618.